The Hall–Kier alpha value is -1.97. The molecule has 0 bridgehead atoms. The van der Waals surface area contributed by atoms with Gasteiger partial charge in [-0.05, 0) is 36.8 Å². The SMILES string of the molecule is CCCC.Cc1ccccc1Nc1cccc(C(F)(F)F)c1. The Morgan fingerprint density at radius 1 is 0.909 bits per heavy atom. The van der Waals surface area contributed by atoms with Crippen molar-refractivity contribution in [3.63, 3.8) is 0 Å². The van der Waals surface area contributed by atoms with Crippen LogP contribution in [0.15, 0.2) is 48.5 Å². The number of alkyl halides is 3. The van der Waals surface area contributed by atoms with Crippen LogP contribution in [0, 0.1) is 6.92 Å². The van der Waals surface area contributed by atoms with Crippen molar-refractivity contribution in [2.75, 3.05) is 5.32 Å². The Morgan fingerprint density at radius 2 is 1.55 bits per heavy atom. The Kier molecular flexibility index (Phi) is 6.96. The third-order valence-corrected chi connectivity index (χ3v) is 3.11. The number of nitrogens with one attached hydrogen (secondary N) is 1. The standard InChI is InChI=1S/C14H12F3N.C4H10/c1-10-5-2-3-8-13(10)18-12-7-4-6-11(9-12)14(15,16)17;1-3-4-2/h2-9,18H,1H3;3-4H2,1-2H3. The summed E-state index contributed by atoms with van der Waals surface area (Å²) in [5, 5.41) is 2.98. The van der Waals surface area contributed by atoms with Gasteiger partial charge in [-0.2, -0.15) is 13.2 Å². The zero-order valence-electron chi connectivity index (χ0n) is 13.2. The average Bonchev–Trinajstić information content (AvgIpc) is 2.49. The van der Waals surface area contributed by atoms with Gasteiger partial charge in [-0.1, -0.05) is 51.0 Å². The number of unbranched alkanes of at least 4 members (excludes halogenated alkanes) is 1. The van der Waals surface area contributed by atoms with E-state index in [2.05, 4.69) is 19.2 Å². The summed E-state index contributed by atoms with van der Waals surface area (Å²) < 4.78 is 37.7. The molecule has 0 aromatic heterocycles. The Labute approximate surface area is 130 Å². The molecule has 0 fully saturated rings. The number of para-hydroxylation sites is 1. The molecule has 0 atom stereocenters. The molecule has 2 rings (SSSR count). The Balaban J connectivity index is 0.000000541. The fraction of sp³-hybridized carbons (Fsp3) is 0.333. The van der Waals surface area contributed by atoms with E-state index in [9.17, 15) is 13.2 Å². The van der Waals surface area contributed by atoms with Crippen molar-refractivity contribution in [2.45, 2.75) is 39.8 Å². The minimum Gasteiger partial charge on any atom is -0.355 e. The zero-order valence-corrected chi connectivity index (χ0v) is 13.2. The number of benzene rings is 2. The lowest BCUT2D eigenvalue weighted by Gasteiger charge is -2.12. The van der Waals surface area contributed by atoms with Crippen LogP contribution in [0.5, 0.6) is 0 Å². The quantitative estimate of drug-likeness (QED) is 0.676. The van der Waals surface area contributed by atoms with Crippen molar-refractivity contribution in [1.82, 2.24) is 0 Å². The van der Waals surface area contributed by atoms with Crippen LogP contribution in [0.2, 0.25) is 0 Å². The molecule has 0 radical (unpaired) electrons. The van der Waals surface area contributed by atoms with Gasteiger partial charge >= 0.3 is 6.18 Å². The zero-order chi connectivity index (χ0) is 16.6. The highest BCUT2D eigenvalue weighted by molar-refractivity contribution is 5.63. The first-order valence-electron chi connectivity index (χ1n) is 7.38. The number of halogens is 3. The van der Waals surface area contributed by atoms with Gasteiger partial charge in [0.05, 0.1) is 5.56 Å². The van der Waals surface area contributed by atoms with E-state index in [1.807, 2.05) is 31.2 Å². The molecule has 2 aromatic rings. The van der Waals surface area contributed by atoms with E-state index in [0.717, 1.165) is 23.4 Å². The fourth-order valence-corrected chi connectivity index (χ4v) is 1.64. The van der Waals surface area contributed by atoms with Gasteiger partial charge in [-0.3, -0.25) is 0 Å². The Morgan fingerprint density at radius 3 is 2.09 bits per heavy atom. The fourth-order valence-electron chi connectivity index (χ4n) is 1.64. The molecule has 1 N–H and O–H groups in total. The first-order chi connectivity index (χ1) is 10.4. The van der Waals surface area contributed by atoms with Gasteiger partial charge < -0.3 is 5.32 Å². The average molecular weight is 309 g/mol. The van der Waals surface area contributed by atoms with E-state index < -0.39 is 11.7 Å². The predicted molar refractivity (Wildman–Crippen MR) is 86.5 cm³/mol. The van der Waals surface area contributed by atoms with Gasteiger partial charge in [0.25, 0.3) is 0 Å². The second-order valence-corrected chi connectivity index (χ2v) is 5.02. The lowest BCUT2D eigenvalue weighted by atomic mass is 10.1. The van der Waals surface area contributed by atoms with Crippen LogP contribution in [0.1, 0.15) is 37.8 Å². The van der Waals surface area contributed by atoms with Crippen molar-refractivity contribution in [2.24, 2.45) is 0 Å². The molecule has 0 saturated heterocycles. The van der Waals surface area contributed by atoms with Gasteiger partial charge in [0.15, 0.2) is 0 Å². The molecule has 2 aromatic carbocycles. The largest absolute Gasteiger partial charge is 0.416 e. The van der Waals surface area contributed by atoms with E-state index in [1.54, 1.807) is 6.07 Å². The first kappa shape index (κ1) is 18.1. The highest BCUT2D eigenvalue weighted by atomic mass is 19.4. The maximum absolute atomic E-state index is 12.6. The molecule has 0 aliphatic heterocycles. The highest BCUT2D eigenvalue weighted by Gasteiger charge is 2.30. The van der Waals surface area contributed by atoms with E-state index >= 15 is 0 Å². The highest BCUT2D eigenvalue weighted by Crippen LogP contribution is 2.31. The monoisotopic (exact) mass is 309 g/mol. The summed E-state index contributed by atoms with van der Waals surface area (Å²) in [5.74, 6) is 0. The van der Waals surface area contributed by atoms with Crippen LogP contribution >= 0.6 is 0 Å². The number of aryl methyl sites for hydroxylation is 1. The summed E-state index contributed by atoms with van der Waals surface area (Å²) in [6.45, 7) is 6.26. The van der Waals surface area contributed by atoms with Crippen molar-refractivity contribution in [3.8, 4) is 0 Å². The van der Waals surface area contributed by atoms with Gasteiger partial charge in [-0.15, -0.1) is 0 Å². The molecule has 0 unspecified atom stereocenters. The smallest absolute Gasteiger partial charge is 0.355 e. The topological polar surface area (TPSA) is 12.0 Å². The summed E-state index contributed by atoms with van der Waals surface area (Å²) in [4.78, 5) is 0. The molecule has 0 amide bonds. The van der Waals surface area contributed by atoms with Crippen LogP contribution in [-0.4, -0.2) is 0 Å². The number of rotatable bonds is 3. The minimum absolute atomic E-state index is 0.430. The molecular weight excluding hydrogens is 287 g/mol. The molecule has 1 nitrogen and oxygen atoms in total. The number of hydrogen-bond acceptors (Lipinski definition) is 1. The summed E-state index contributed by atoms with van der Waals surface area (Å²) in [5.41, 5.74) is 1.56. The third-order valence-electron chi connectivity index (χ3n) is 3.11. The lowest BCUT2D eigenvalue weighted by molar-refractivity contribution is -0.137. The summed E-state index contributed by atoms with van der Waals surface area (Å²) in [6, 6.07) is 12.6. The molecule has 0 spiro atoms. The van der Waals surface area contributed by atoms with E-state index in [0.29, 0.717) is 5.69 Å². The minimum atomic E-state index is -4.32. The normalized spacial score (nSPS) is 10.6. The van der Waals surface area contributed by atoms with Gasteiger partial charge in [-0.25, -0.2) is 0 Å². The van der Waals surface area contributed by atoms with Gasteiger partial charge in [0.2, 0.25) is 0 Å². The van der Waals surface area contributed by atoms with E-state index in [4.69, 9.17) is 0 Å². The van der Waals surface area contributed by atoms with E-state index in [-0.39, 0.29) is 0 Å². The molecule has 0 saturated carbocycles. The van der Waals surface area contributed by atoms with Crippen molar-refractivity contribution < 1.29 is 13.2 Å². The molecule has 22 heavy (non-hydrogen) atoms. The molecular formula is C18H22F3N. The van der Waals surface area contributed by atoms with Crippen LogP contribution in [0.3, 0.4) is 0 Å². The number of anilines is 2. The summed E-state index contributed by atoms with van der Waals surface area (Å²) in [7, 11) is 0. The summed E-state index contributed by atoms with van der Waals surface area (Å²) in [6.07, 6.45) is -1.68. The molecule has 4 heteroatoms. The van der Waals surface area contributed by atoms with Crippen molar-refractivity contribution >= 4 is 11.4 Å². The van der Waals surface area contributed by atoms with Gasteiger partial charge in [0, 0.05) is 11.4 Å². The third kappa shape index (κ3) is 5.80. The lowest BCUT2D eigenvalue weighted by Crippen LogP contribution is -2.05. The first-order valence-corrected chi connectivity index (χ1v) is 7.38. The second kappa shape index (κ2) is 8.47. The maximum Gasteiger partial charge on any atom is 0.416 e. The summed E-state index contributed by atoms with van der Waals surface area (Å²) >= 11 is 0. The van der Waals surface area contributed by atoms with E-state index in [1.165, 1.54) is 18.9 Å². The van der Waals surface area contributed by atoms with Crippen LogP contribution < -0.4 is 5.32 Å². The van der Waals surface area contributed by atoms with Crippen molar-refractivity contribution in [3.05, 3.63) is 59.7 Å². The predicted octanol–water partition coefficient (Wildman–Crippen LogP) is 6.56. The molecule has 120 valence electrons. The van der Waals surface area contributed by atoms with Gasteiger partial charge in [0.1, 0.15) is 0 Å². The van der Waals surface area contributed by atoms with Crippen molar-refractivity contribution in [1.29, 1.82) is 0 Å². The molecule has 0 heterocycles. The Bertz CT molecular complexity index is 575. The second-order valence-electron chi connectivity index (χ2n) is 5.02. The van der Waals surface area contributed by atoms with Crippen LogP contribution in [0.4, 0.5) is 24.5 Å². The molecule has 0 aliphatic carbocycles. The van der Waals surface area contributed by atoms with Crippen LogP contribution in [-0.2, 0) is 6.18 Å². The maximum atomic E-state index is 12.6. The molecule has 0 aliphatic rings. The number of hydrogen-bond donors (Lipinski definition) is 1. The van der Waals surface area contributed by atoms with Crippen LogP contribution in [0.25, 0.3) is 0 Å².